The predicted octanol–water partition coefficient (Wildman–Crippen LogP) is 4.77. The lowest BCUT2D eigenvalue weighted by atomic mass is 9.90. The monoisotopic (exact) mass is 480 g/mol. The lowest BCUT2D eigenvalue weighted by molar-refractivity contribution is 0.182. The predicted molar refractivity (Wildman–Crippen MR) is 126 cm³/mol. The molecule has 0 spiro atoms. The van der Waals surface area contributed by atoms with Crippen LogP contribution in [0.25, 0.3) is 0 Å². The van der Waals surface area contributed by atoms with E-state index in [1.54, 1.807) is 30.3 Å². The molecule has 0 aromatic heterocycles. The molecule has 2 aromatic rings. The summed E-state index contributed by atoms with van der Waals surface area (Å²) < 4.78 is 59.7. The van der Waals surface area contributed by atoms with E-state index in [-0.39, 0.29) is 4.90 Å². The fraction of sp³-hybridized carbons (Fsp3) is 0.520. The van der Waals surface area contributed by atoms with Crippen molar-refractivity contribution < 1.29 is 21.9 Å². The van der Waals surface area contributed by atoms with Gasteiger partial charge in [0, 0.05) is 6.54 Å². The number of likely N-dealkylation sites (tertiary alicyclic amines) is 1. The van der Waals surface area contributed by atoms with E-state index >= 15 is 0 Å². The lowest BCUT2D eigenvalue weighted by Crippen LogP contribution is -2.36. The molecule has 1 aliphatic rings. The van der Waals surface area contributed by atoms with Gasteiger partial charge in [-0.05, 0) is 99.6 Å². The molecule has 5 nitrogen and oxygen atoms in total. The van der Waals surface area contributed by atoms with E-state index in [0.29, 0.717) is 24.8 Å². The normalized spacial score (nSPS) is 15.6. The van der Waals surface area contributed by atoms with Crippen LogP contribution in [0.2, 0.25) is 0 Å². The summed E-state index contributed by atoms with van der Waals surface area (Å²) in [6.45, 7) is 5.78. The van der Waals surface area contributed by atoms with Crippen molar-refractivity contribution in [3.63, 3.8) is 0 Å². The van der Waals surface area contributed by atoms with Crippen LogP contribution in [0.4, 0.5) is 8.78 Å². The number of benzene rings is 2. The average molecular weight is 481 g/mol. The second kappa shape index (κ2) is 12.4. The minimum absolute atomic E-state index is 0.239. The number of ether oxygens (including phenoxy) is 1. The number of halogens is 2. The topological polar surface area (TPSA) is 58.6 Å². The molecule has 0 atom stereocenters. The molecule has 0 radical (unpaired) electrons. The zero-order chi connectivity index (χ0) is 23.7. The van der Waals surface area contributed by atoms with Crippen LogP contribution in [0.5, 0.6) is 5.75 Å². The van der Waals surface area contributed by atoms with Crippen molar-refractivity contribution >= 4 is 10.0 Å². The van der Waals surface area contributed by atoms with Crippen LogP contribution in [0, 0.1) is 17.6 Å². The summed E-state index contributed by atoms with van der Waals surface area (Å²) in [5.74, 6) is -0.463. The molecule has 0 amide bonds. The number of hydrogen-bond donors (Lipinski definition) is 1. The van der Waals surface area contributed by atoms with E-state index in [0.717, 1.165) is 63.7 Å². The van der Waals surface area contributed by atoms with Gasteiger partial charge in [-0.1, -0.05) is 19.4 Å². The van der Waals surface area contributed by atoms with Gasteiger partial charge in [-0.3, -0.25) is 0 Å². The maximum absolute atomic E-state index is 13.4. The molecule has 3 rings (SSSR count). The van der Waals surface area contributed by atoms with Crippen LogP contribution in [-0.4, -0.2) is 46.1 Å². The summed E-state index contributed by atoms with van der Waals surface area (Å²) in [7, 11) is -3.54. The van der Waals surface area contributed by atoms with Crippen LogP contribution in [0.1, 0.15) is 44.6 Å². The molecule has 33 heavy (non-hydrogen) atoms. The fourth-order valence-corrected chi connectivity index (χ4v) is 5.13. The van der Waals surface area contributed by atoms with Gasteiger partial charge < -0.3 is 9.64 Å². The van der Waals surface area contributed by atoms with Crippen molar-refractivity contribution in [1.82, 2.24) is 9.62 Å². The second-order valence-corrected chi connectivity index (χ2v) is 10.4. The molecular formula is C25H34F2N2O3S. The summed E-state index contributed by atoms with van der Waals surface area (Å²) in [6.07, 6.45) is 5.49. The lowest BCUT2D eigenvalue weighted by Gasteiger charge is -2.32. The summed E-state index contributed by atoms with van der Waals surface area (Å²) in [6, 6.07) is 10.7. The molecule has 2 aromatic carbocycles. The summed E-state index contributed by atoms with van der Waals surface area (Å²) in [5.41, 5.74) is 0.835. The molecule has 1 heterocycles. The first kappa shape index (κ1) is 25.6. The Balaban J connectivity index is 1.35. The van der Waals surface area contributed by atoms with E-state index < -0.39 is 21.7 Å². The Labute approximate surface area is 196 Å². The number of unbranched alkanes of at least 4 members (excludes halogenated alkanes) is 1. The maximum Gasteiger partial charge on any atom is 0.240 e. The Morgan fingerprint density at radius 3 is 2.42 bits per heavy atom. The van der Waals surface area contributed by atoms with E-state index in [2.05, 4.69) is 16.5 Å². The number of hydrogen-bond acceptors (Lipinski definition) is 4. The van der Waals surface area contributed by atoms with Gasteiger partial charge >= 0.3 is 0 Å². The van der Waals surface area contributed by atoms with Gasteiger partial charge in [0.1, 0.15) is 5.75 Å². The Hall–Kier alpha value is -2.03. The third-order valence-electron chi connectivity index (χ3n) is 6.06. The van der Waals surface area contributed by atoms with Gasteiger partial charge in [0.25, 0.3) is 0 Å². The highest BCUT2D eigenvalue weighted by Gasteiger charge is 2.20. The zero-order valence-corrected chi connectivity index (χ0v) is 20.0. The third-order valence-corrected chi connectivity index (χ3v) is 7.54. The standard InChI is InChI=1S/C25H34F2N2O3S/c1-2-3-17-32-22-6-8-23(9-7-22)33(30,31)28-13-4-14-29-15-11-20(12-16-29)18-21-5-10-24(26)25(27)19-21/h5-10,19-20,28H,2-4,11-18H2,1H3. The Kier molecular flexibility index (Phi) is 9.64. The van der Waals surface area contributed by atoms with E-state index in [1.807, 2.05) is 0 Å². The quantitative estimate of drug-likeness (QED) is 0.445. The average Bonchev–Trinajstić information content (AvgIpc) is 2.81. The van der Waals surface area contributed by atoms with Gasteiger partial charge in [-0.25, -0.2) is 21.9 Å². The van der Waals surface area contributed by atoms with Crippen LogP contribution >= 0.6 is 0 Å². The van der Waals surface area contributed by atoms with Crippen LogP contribution in [0.15, 0.2) is 47.4 Å². The highest BCUT2D eigenvalue weighted by Crippen LogP contribution is 2.23. The van der Waals surface area contributed by atoms with E-state index in [1.165, 1.54) is 12.1 Å². The summed E-state index contributed by atoms with van der Waals surface area (Å²) in [4.78, 5) is 2.57. The number of sulfonamides is 1. The van der Waals surface area contributed by atoms with Crippen LogP contribution in [-0.2, 0) is 16.4 Å². The molecule has 0 aliphatic carbocycles. The van der Waals surface area contributed by atoms with Crippen molar-refractivity contribution in [1.29, 1.82) is 0 Å². The first-order valence-corrected chi connectivity index (χ1v) is 13.2. The molecular weight excluding hydrogens is 446 g/mol. The van der Waals surface area contributed by atoms with Gasteiger partial charge in [-0.2, -0.15) is 0 Å². The highest BCUT2D eigenvalue weighted by molar-refractivity contribution is 7.89. The van der Waals surface area contributed by atoms with E-state index in [4.69, 9.17) is 4.74 Å². The molecule has 1 N–H and O–H groups in total. The van der Waals surface area contributed by atoms with Gasteiger partial charge in [0.05, 0.1) is 11.5 Å². The molecule has 0 bridgehead atoms. The van der Waals surface area contributed by atoms with Crippen molar-refractivity contribution in [2.45, 2.75) is 50.3 Å². The smallest absolute Gasteiger partial charge is 0.240 e. The van der Waals surface area contributed by atoms with Crippen molar-refractivity contribution in [3.05, 3.63) is 59.7 Å². The number of nitrogens with one attached hydrogen (secondary N) is 1. The molecule has 0 unspecified atom stereocenters. The Bertz CT molecular complexity index is 976. The fourth-order valence-electron chi connectivity index (χ4n) is 4.06. The summed E-state index contributed by atoms with van der Waals surface area (Å²) >= 11 is 0. The minimum atomic E-state index is -3.54. The second-order valence-electron chi connectivity index (χ2n) is 8.66. The largest absolute Gasteiger partial charge is 0.494 e. The summed E-state index contributed by atoms with van der Waals surface area (Å²) in [5, 5.41) is 0. The molecule has 8 heteroatoms. The van der Waals surface area contributed by atoms with Crippen molar-refractivity contribution in [3.8, 4) is 5.75 Å². The highest BCUT2D eigenvalue weighted by atomic mass is 32.2. The SMILES string of the molecule is CCCCOc1ccc(S(=O)(=O)NCCCN2CCC(Cc3ccc(F)c(F)c3)CC2)cc1. The van der Waals surface area contributed by atoms with Gasteiger partial charge in [0.15, 0.2) is 11.6 Å². The maximum atomic E-state index is 13.4. The number of piperidine rings is 1. The molecule has 1 aliphatic heterocycles. The van der Waals surface area contributed by atoms with Crippen LogP contribution in [0.3, 0.4) is 0 Å². The Morgan fingerprint density at radius 2 is 1.76 bits per heavy atom. The zero-order valence-electron chi connectivity index (χ0n) is 19.2. The first-order chi connectivity index (χ1) is 15.9. The van der Waals surface area contributed by atoms with Crippen LogP contribution < -0.4 is 9.46 Å². The molecule has 1 saturated heterocycles. The molecule has 182 valence electrons. The number of rotatable bonds is 12. The van der Waals surface area contributed by atoms with Gasteiger partial charge in [0.2, 0.25) is 10.0 Å². The number of nitrogens with zero attached hydrogens (tertiary/aromatic N) is 1. The molecule has 1 fully saturated rings. The Morgan fingerprint density at radius 1 is 1.03 bits per heavy atom. The first-order valence-electron chi connectivity index (χ1n) is 11.8. The van der Waals surface area contributed by atoms with Crippen molar-refractivity contribution in [2.24, 2.45) is 5.92 Å². The minimum Gasteiger partial charge on any atom is -0.494 e. The van der Waals surface area contributed by atoms with Gasteiger partial charge in [-0.15, -0.1) is 0 Å². The third kappa shape index (κ3) is 8.05. The van der Waals surface area contributed by atoms with E-state index in [9.17, 15) is 17.2 Å². The van der Waals surface area contributed by atoms with Crippen molar-refractivity contribution in [2.75, 3.05) is 32.8 Å². The molecule has 0 saturated carbocycles.